The van der Waals surface area contributed by atoms with Crippen LogP contribution in [0.1, 0.15) is 24.2 Å². The highest BCUT2D eigenvalue weighted by Crippen LogP contribution is 2.28. The molecule has 0 aliphatic carbocycles. The van der Waals surface area contributed by atoms with E-state index in [0.29, 0.717) is 0 Å². The maximum absolute atomic E-state index is 6.25. The van der Waals surface area contributed by atoms with E-state index in [-0.39, 0.29) is 6.04 Å². The predicted octanol–water partition coefficient (Wildman–Crippen LogP) is 3.82. The minimum Gasteiger partial charge on any atom is -0.308 e. The zero-order valence-corrected chi connectivity index (χ0v) is 13.6. The Hall–Kier alpha value is -0.970. The first-order chi connectivity index (χ1) is 9.61. The lowest BCUT2D eigenvalue weighted by atomic mass is 10.2. The fourth-order valence-corrected chi connectivity index (χ4v) is 3.37. The second-order valence-corrected chi connectivity index (χ2v) is 6.24. The van der Waals surface area contributed by atoms with E-state index in [4.69, 9.17) is 11.6 Å². The van der Waals surface area contributed by atoms with E-state index in [1.807, 2.05) is 23.5 Å². The summed E-state index contributed by atoms with van der Waals surface area (Å²) in [6.07, 6.45) is 1.71. The molecule has 20 heavy (non-hydrogen) atoms. The van der Waals surface area contributed by atoms with Crippen LogP contribution >= 0.6 is 23.4 Å². The lowest BCUT2D eigenvalue weighted by Crippen LogP contribution is -2.25. The third-order valence-electron chi connectivity index (χ3n) is 3.16. The molecule has 1 unspecified atom stereocenters. The second kappa shape index (κ2) is 7.16. The Morgan fingerprint density at radius 1 is 1.35 bits per heavy atom. The Bertz CT molecular complexity index is 531. The molecule has 1 N–H and O–H groups in total. The van der Waals surface area contributed by atoms with Crippen LogP contribution in [0.5, 0.6) is 0 Å². The maximum atomic E-state index is 6.25. The molecule has 2 aromatic rings. The van der Waals surface area contributed by atoms with Gasteiger partial charge in [-0.2, -0.15) is 5.10 Å². The first-order valence-corrected chi connectivity index (χ1v) is 8.08. The minimum absolute atomic E-state index is 0.200. The lowest BCUT2D eigenvalue weighted by molar-refractivity contribution is 0.553. The molecule has 0 fully saturated rings. The van der Waals surface area contributed by atoms with Crippen molar-refractivity contribution in [3.05, 3.63) is 46.7 Å². The third-order valence-corrected chi connectivity index (χ3v) is 4.55. The zero-order chi connectivity index (χ0) is 14.5. The lowest BCUT2D eigenvalue weighted by Gasteiger charge is -2.18. The van der Waals surface area contributed by atoms with Gasteiger partial charge in [-0.25, -0.2) is 0 Å². The van der Waals surface area contributed by atoms with Gasteiger partial charge < -0.3 is 5.32 Å². The van der Waals surface area contributed by atoms with Crippen LogP contribution in [0.4, 0.5) is 0 Å². The fraction of sp³-hybridized carbons (Fsp3) is 0.400. The number of thioether (sulfide) groups is 1. The van der Waals surface area contributed by atoms with E-state index in [1.54, 1.807) is 6.20 Å². The second-order valence-electron chi connectivity index (χ2n) is 4.74. The number of hydrogen-bond donors (Lipinski definition) is 1. The van der Waals surface area contributed by atoms with Gasteiger partial charge in [0.2, 0.25) is 0 Å². The van der Waals surface area contributed by atoms with E-state index in [1.165, 1.54) is 10.5 Å². The normalized spacial score (nSPS) is 12.6. The summed E-state index contributed by atoms with van der Waals surface area (Å²) in [7, 11) is 1.93. The smallest absolute Gasteiger partial charge is 0.0834 e. The van der Waals surface area contributed by atoms with E-state index in [9.17, 15) is 0 Å². The average Bonchev–Trinajstić information content (AvgIpc) is 2.76. The number of nitrogens with zero attached hydrogens (tertiary/aromatic N) is 2. The van der Waals surface area contributed by atoms with Crippen molar-refractivity contribution in [2.75, 3.05) is 12.3 Å². The molecule has 0 aliphatic heterocycles. The topological polar surface area (TPSA) is 29.9 Å². The molecule has 2 rings (SSSR count). The molecule has 1 heterocycles. The Labute approximate surface area is 129 Å². The maximum Gasteiger partial charge on any atom is 0.0834 e. The highest BCUT2D eigenvalue weighted by atomic mass is 35.5. The molecule has 3 nitrogen and oxygen atoms in total. The minimum atomic E-state index is 0.200. The van der Waals surface area contributed by atoms with Gasteiger partial charge in [0, 0.05) is 17.7 Å². The molecule has 0 aliphatic rings. The van der Waals surface area contributed by atoms with Gasteiger partial charge in [0.15, 0.2) is 0 Å². The SMILES string of the molecule is CCNC(CSc1ccc(C)cc1)c1c(Cl)cnn1C. The highest BCUT2D eigenvalue weighted by Gasteiger charge is 2.18. The molecule has 0 saturated heterocycles. The monoisotopic (exact) mass is 309 g/mol. The molecule has 5 heteroatoms. The Morgan fingerprint density at radius 2 is 2.05 bits per heavy atom. The number of rotatable bonds is 6. The molecule has 0 radical (unpaired) electrons. The molecule has 0 spiro atoms. The molecule has 0 saturated carbocycles. The molecule has 0 bridgehead atoms. The third kappa shape index (κ3) is 3.78. The van der Waals surface area contributed by atoms with Crippen LogP contribution in [0.15, 0.2) is 35.4 Å². The van der Waals surface area contributed by atoms with Crippen LogP contribution < -0.4 is 5.32 Å². The van der Waals surface area contributed by atoms with Crippen molar-refractivity contribution in [3.63, 3.8) is 0 Å². The summed E-state index contributed by atoms with van der Waals surface area (Å²) in [6, 6.07) is 8.80. The predicted molar refractivity (Wildman–Crippen MR) is 86.5 cm³/mol. The van der Waals surface area contributed by atoms with Gasteiger partial charge in [0.05, 0.1) is 23.0 Å². The molecular weight excluding hydrogens is 290 g/mol. The van der Waals surface area contributed by atoms with Crippen LogP contribution in [0.2, 0.25) is 5.02 Å². The van der Waals surface area contributed by atoms with Crippen LogP contribution in [0.3, 0.4) is 0 Å². The van der Waals surface area contributed by atoms with E-state index >= 15 is 0 Å². The van der Waals surface area contributed by atoms with Crippen LogP contribution in [0, 0.1) is 6.92 Å². The van der Waals surface area contributed by atoms with Crippen molar-refractivity contribution in [1.82, 2.24) is 15.1 Å². The summed E-state index contributed by atoms with van der Waals surface area (Å²) in [5, 5.41) is 8.43. The van der Waals surface area contributed by atoms with Crippen LogP contribution in [0.25, 0.3) is 0 Å². The van der Waals surface area contributed by atoms with Gasteiger partial charge in [-0.3, -0.25) is 4.68 Å². The molecule has 108 valence electrons. The number of halogens is 1. The standard InChI is InChI=1S/C15H20ClN3S/c1-4-17-14(15-13(16)9-18-19(15)3)10-20-12-7-5-11(2)6-8-12/h5-9,14,17H,4,10H2,1-3H3. The summed E-state index contributed by atoms with van der Waals surface area (Å²) in [4.78, 5) is 1.27. The van der Waals surface area contributed by atoms with Crippen molar-refractivity contribution in [1.29, 1.82) is 0 Å². The first-order valence-electron chi connectivity index (χ1n) is 6.72. The van der Waals surface area contributed by atoms with Gasteiger partial charge in [-0.05, 0) is 25.6 Å². The quantitative estimate of drug-likeness (QED) is 0.823. The van der Waals surface area contributed by atoms with Gasteiger partial charge in [0.25, 0.3) is 0 Å². The molecular formula is C15H20ClN3S. The molecule has 1 aromatic carbocycles. The van der Waals surface area contributed by atoms with Crippen molar-refractivity contribution in [2.24, 2.45) is 7.05 Å². The average molecular weight is 310 g/mol. The summed E-state index contributed by atoms with van der Waals surface area (Å²) in [5.41, 5.74) is 2.33. The fourth-order valence-electron chi connectivity index (χ4n) is 2.11. The summed E-state index contributed by atoms with van der Waals surface area (Å²) >= 11 is 8.08. The highest BCUT2D eigenvalue weighted by molar-refractivity contribution is 7.99. The van der Waals surface area contributed by atoms with Gasteiger partial charge in [-0.1, -0.05) is 36.2 Å². The number of aromatic nitrogens is 2. The Kier molecular flexibility index (Phi) is 5.52. The van der Waals surface area contributed by atoms with E-state index < -0.39 is 0 Å². The summed E-state index contributed by atoms with van der Waals surface area (Å²) in [6.45, 7) is 5.11. The Balaban J connectivity index is 2.08. The van der Waals surface area contributed by atoms with Gasteiger partial charge in [0.1, 0.15) is 0 Å². The summed E-state index contributed by atoms with van der Waals surface area (Å²) < 4.78 is 1.85. The molecule has 1 aromatic heterocycles. The van der Waals surface area contributed by atoms with Crippen molar-refractivity contribution < 1.29 is 0 Å². The van der Waals surface area contributed by atoms with Crippen molar-refractivity contribution >= 4 is 23.4 Å². The van der Waals surface area contributed by atoms with Gasteiger partial charge >= 0.3 is 0 Å². The van der Waals surface area contributed by atoms with Crippen LogP contribution in [-0.4, -0.2) is 22.1 Å². The zero-order valence-electron chi connectivity index (χ0n) is 12.1. The number of benzene rings is 1. The largest absolute Gasteiger partial charge is 0.308 e. The number of nitrogens with one attached hydrogen (secondary N) is 1. The van der Waals surface area contributed by atoms with Crippen molar-refractivity contribution in [3.8, 4) is 0 Å². The van der Waals surface area contributed by atoms with E-state index in [2.05, 4.69) is 48.5 Å². The Morgan fingerprint density at radius 3 is 2.60 bits per heavy atom. The summed E-state index contributed by atoms with van der Waals surface area (Å²) in [5.74, 6) is 0.927. The molecule has 0 amide bonds. The van der Waals surface area contributed by atoms with Gasteiger partial charge in [-0.15, -0.1) is 11.8 Å². The number of aryl methyl sites for hydroxylation is 2. The van der Waals surface area contributed by atoms with E-state index in [0.717, 1.165) is 23.0 Å². The van der Waals surface area contributed by atoms with Crippen LogP contribution in [-0.2, 0) is 7.05 Å². The first kappa shape index (κ1) is 15.4. The number of hydrogen-bond acceptors (Lipinski definition) is 3. The molecule has 1 atom stereocenters. The van der Waals surface area contributed by atoms with Crippen molar-refractivity contribution in [2.45, 2.75) is 24.8 Å².